The fourth-order valence-electron chi connectivity index (χ4n) is 4.09. The number of thioether (sulfide) groups is 1. The average molecular weight is 517 g/mol. The Morgan fingerprint density at radius 2 is 1.84 bits per heavy atom. The number of nitrogens with zero attached hydrogens (tertiary/aromatic N) is 2. The van der Waals surface area contributed by atoms with Crippen LogP contribution in [0.1, 0.15) is 27.4 Å². The molecule has 2 amide bonds. The van der Waals surface area contributed by atoms with Gasteiger partial charge in [0.25, 0.3) is 11.1 Å². The molecule has 2 aromatic carbocycles. The maximum absolute atomic E-state index is 13.0. The lowest BCUT2D eigenvalue weighted by molar-refractivity contribution is -0.123. The van der Waals surface area contributed by atoms with Crippen LogP contribution >= 0.6 is 11.8 Å². The third-order valence-corrected chi connectivity index (χ3v) is 6.87. The Kier molecular flexibility index (Phi) is 6.87. The predicted octanol–water partition coefficient (Wildman–Crippen LogP) is 5.49. The molecule has 1 fully saturated rings. The number of carbonyl (C=O) groups excluding carboxylic acids is 3. The number of amides is 2. The minimum Gasteiger partial charge on any atom is -0.492 e. The number of hydrogen-bond acceptors (Lipinski definition) is 7. The van der Waals surface area contributed by atoms with E-state index in [1.54, 1.807) is 18.2 Å². The van der Waals surface area contributed by atoms with Gasteiger partial charge in [0.1, 0.15) is 18.1 Å². The summed E-state index contributed by atoms with van der Waals surface area (Å²) in [6, 6.07) is 18.7. The summed E-state index contributed by atoms with van der Waals surface area (Å²) in [7, 11) is 1.30. The van der Waals surface area contributed by atoms with E-state index in [2.05, 4.69) is 0 Å². The highest BCUT2D eigenvalue weighted by Gasteiger charge is 2.35. The van der Waals surface area contributed by atoms with Crippen LogP contribution in [0.4, 0.5) is 4.79 Å². The SMILES string of the molecule is COC(=O)c1ccc(Cn2cc(/C=C3\SC(=O)N(CCOc4ccc(C)cc4)C3=O)c3ccccc32)o1. The third kappa shape index (κ3) is 5.17. The first kappa shape index (κ1) is 24.5. The Morgan fingerprint density at radius 3 is 2.62 bits per heavy atom. The number of methoxy groups -OCH3 is 1. The zero-order valence-electron chi connectivity index (χ0n) is 20.3. The quantitative estimate of drug-likeness (QED) is 0.226. The molecule has 1 aliphatic heterocycles. The summed E-state index contributed by atoms with van der Waals surface area (Å²) in [5, 5.41) is 0.607. The molecule has 0 saturated carbocycles. The lowest BCUT2D eigenvalue weighted by Gasteiger charge is -2.13. The average Bonchev–Trinajstić information content (AvgIpc) is 3.58. The number of carbonyl (C=O) groups is 3. The van der Waals surface area contributed by atoms with Crippen LogP contribution in [0.25, 0.3) is 17.0 Å². The number of ether oxygens (including phenoxy) is 2. The van der Waals surface area contributed by atoms with E-state index in [9.17, 15) is 14.4 Å². The zero-order chi connectivity index (χ0) is 25.9. The largest absolute Gasteiger partial charge is 0.492 e. The van der Waals surface area contributed by atoms with E-state index >= 15 is 0 Å². The zero-order valence-corrected chi connectivity index (χ0v) is 21.1. The molecular weight excluding hydrogens is 492 g/mol. The molecule has 1 aliphatic rings. The smallest absolute Gasteiger partial charge is 0.373 e. The second-order valence-corrected chi connectivity index (χ2v) is 9.48. The first-order valence-electron chi connectivity index (χ1n) is 11.6. The van der Waals surface area contributed by atoms with E-state index < -0.39 is 5.97 Å². The van der Waals surface area contributed by atoms with Gasteiger partial charge < -0.3 is 18.5 Å². The van der Waals surface area contributed by atoms with Gasteiger partial charge in [-0.05, 0) is 55.1 Å². The van der Waals surface area contributed by atoms with Gasteiger partial charge in [-0.1, -0.05) is 35.9 Å². The van der Waals surface area contributed by atoms with Gasteiger partial charge in [0.2, 0.25) is 5.76 Å². The summed E-state index contributed by atoms with van der Waals surface area (Å²) in [4.78, 5) is 38.9. The Bertz CT molecular complexity index is 1520. The van der Waals surface area contributed by atoms with Crippen molar-refractivity contribution in [3.63, 3.8) is 0 Å². The van der Waals surface area contributed by atoms with E-state index in [4.69, 9.17) is 13.9 Å². The monoisotopic (exact) mass is 516 g/mol. The van der Waals surface area contributed by atoms with Crippen molar-refractivity contribution < 1.29 is 28.3 Å². The molecule has 1 saturated heterocycles. The second-order valence-electron chi connectivity index (χ2n) is 8.48. The maximum Gasteiger partial charge on any atom is 0.373 e. The van der Waals surface area contributed by atoms with Gasteiger partial charge in [0.05, 0.1) is 25.1 Å². The Morgan fingerprint density at radius 1 is 1.05 bits per heavy atom. The summed E-state index contributed by atoms with van der Waals surface area (Å²) < 4.78 is 18.0. The van der Waals surface area contributed by atoms with E-state index in [1.807, 2.05) is 66.2 Å². The highest BCUT2D eigenvalue weighted by molar-refractivity contribution is 8.18. The summed E-state index contributed by atoms with van der Waals surface area (Å²) in [6.45, 7) is 2.75. The summed E-state index contributed by atoms with van der Waals surface area (Å²) in [5.41, 5.74) is 2.85. The van der Waals surface area contributed by atoms with Gasteiger partial charge in [-0.3, -0.25) is 14.5 Å². The van der Waals surface area contributed by atoms with Gasteiger partial charge >= 0.3 is 5.97 Å². The molecule has 0 atom stereocenters. The van der Waals surface area contributed by atoms with Gasteiger partial charge in [-0.25, -0.2) is 4.79 Å². The van der Waals surface area contributed by atoms with Crippen molar-refractivity contribution in [2.24, 2.45) is 0 Å². The molecule has 4 aromatic rings. The van der Waals surface area contributed by atoms with Crippen molar-refractivity contribution in [3.8, 4) is 5.75 Å². The lowest BCUT2D eigenvalue weighted by atomic mass is 10.1. The van der Waals surface area contributed by atoms with Gasteiger partial charge in [0.15, 0.2) is 0 Å². The van der Waals surface area contributed by atoms with Gasteiger partial charge in [-0.15, -0.1) is 0 Å². The van der Waals surface area contributed by atoms with Crippen LogP contribution in [0.5, 0.6) is 5.75 Å². The molecule has 3 heterocycles. The van der Waals surface area contributed by atoms with Gasteiger partial charge in [0, 0.05) is 22.7 Å². The molecule has 0 unspecified atom stereocenters. The molecule has 188 valence electrons. The number of furan rings is 1. The number of hydrogen-bond donors (Lipinski definition) is 0. The number of rotatable bonds is 8. The number of para-hydroxylation sites is 1. The normalized spacial score (nSPS) is 14.6. The Labute approximate surface area is 217 Å². The topological polar surface area (TPSA) is 91.0 Å². The minimum atomic E-state index is -0.538. The number of aryl methyl sites for hydroxylation is 1. The highest BCUT2D eigenvalue weighted by Crippen LogP contribution is 2.34. The molecular formula is C28H24N2O6S. The lowest BCUT2D eigenvalue weighted by Crippen LogP contribution is -2.32. The first-order chi connectivity index (χ1) is 17.9. The standard InChI is InChI=1S/C28H24N2O6S/c1-18-7-9-20(10-8-18)35-14-13-30-26(31)25(37-28(30)33)15-19-16-29(23-6-4-3-5-22(19)23)17-21-11-12-24(36-21)27(32)34-2/h3-12,15-16H,13-14,17H2,1-2H3/b25-15-. The Hall–Kier alpha value is -4.24. The van der Waals surface area contributed by atoms with Crippen molar-refractivity contribution in [3.05, 3.63) is 94.4 Å². The van der Waals surface area contributed by atoms with Crippen LogP contribution in [0.2, 0.25) is 0 Å². The van der Waals surface area contributed by atoms with E-state index in [0.29, 0.717) is 23.0 Å². The molecule has 0 spiro atoms. The number of esters is 1. The van der Waals surface area contributed by atoms with Crippen LogP contribution in [0.3, 0.4) is 0 Å². The molecule has 9 heteroatoms. The van der Waals surface area contributed by atoms with Crippen LogP contribution in [0, 0.1) is 6.92 Å². The predicted molar refractivity (Wildman–Crippen MR) is 140 cm³/mol. The number of fused-ring (bicyclic) bond motifs is 1. The molecule has 0 aliphatic carbocycles. The van der Waals surface area contributed by atoms with Crippen molar-refractivity contribution in [2.75, 3.05) is 20.3 Å². The molecule has 0 N–H and O–H groups in total. The van der Waals surface area contributed by atoms with Crippen molar-refractivity contribution in [1.29, 1.82) is 0 Å². The molecule has 8 nitrogen and oxygen atoms in total. The first-order valence-corrected chi connectivity index (χ1v) is 12.4. The molecule has 5 rings (SSSR count). The fraction of sp³-hybridized carbons (Fsp3) is 0.179. The van der Waals surface area contributed by atoms with E-state index in [-0.39, 0.29) is 30.1 Å². The fourth-order valence-corrected chi connectivity index (χ4v) is 4.94. The van der Waals surface area contributed by atoms with E-state index in [0.717, 1.165) is 33.8 Å². The molecule has 0 radical (unpaired) electrons. The number of benzene rings is 2. The highest BCUT2D eigenvalue weighted by atomic mass is 32.2. The summed E-state index contributed by atoms with van der Waals surface area (Å²) in [6.07, 6.45) is 3.64. The van der Waals surface area contributed by atoms with E-state index in [1.165, 1.54) is 12.0 Å². The van der Waals surface area contributed by atoms with Crippen molar-refractivity contribution in [1.82, 2.24) is 9.47 Å². The number of aromatic nitrogens is 1. The van der Waals surface area contributed by atoms with Crippen molar-refractivity contribution in [2.45, 2.75) is 13.5 Å². The van der Waals surface area contributed by atoms with Crippen molar-refractivity contribution >= 4 is 45.9 Å². The minimum absolute atomic E-state index is 0.134. The third-order valence-electron chi connectivity index (χ3n) is 5.96. The number of imide groups is 1. The maximum atomic E-state index is 13.0. The summed E-state index contributed by atoms with van der Waals surface area (Å²) in [5.74, 6) is 0.532. The molecule has 2 aromatic heterocycles. The molecule has 0 bridgehead atoms. The van der Waals surface area contributed by atoms with Crippen LogP contribution < -0.4 is 4.74 Å². The second kappa shape index (κ2) is 10.4. The summed E-state index contributed by atoms with van der Waals surface area (Å²) >= 11 is 0.919. The van der Waals surface area contributed by atoms with Gasteiger partial charge in [-0.2, -0.15) is 0 Å². The Balaban J connectivity index is 1.33. The molecule has 37 heavy (non-hydrogen) atoms. The van der Waals surface area contributed by atoms with Crippen LogP contribution in [-0.4, -0.2) is 46.8 Å². The van der Waals surface area contributed by atoms with Crippen LogP contribution in [-0.2, 0) is 16.1 Å². The van der Waals surface area contributed by atoms with Crippen LogP contribution in [0.15, 0.2) is 76.2 Å².